The van der Waals surface area contributed by atoms with Gasteiger partial charge in [0.1, 0.15) is 0 Å². The van der Waals surface area contributed by atoms with Gasteiger partial charge in [-0.15, -0.1) is 0 Å². The average molecular weight is 317 g/mol. The summed E-state index contributed by atoms with van der Waals surface area (Å²) in [5.74, 6) is 0.183. The number of amides is 3. The topological polar surface area (TPSA) is 78.5 Å². The Hall–Kier alpha value is -2.37. The predicted molar refractivity (Wildman–Crippen MR) is 88.0 cm³/mol. The van der Waals surface area contributed by atoms with Gasteiger partial charge in [0, 0.05) is 33.0 Å². The molecule has 0 radical (unpaired) electrons. The predicted octanol–water partition coefficient (Wildman–Crippen LogP) is 1.49. The fourth-order valence-corrected chi connectivity index (χ4v) is 2.35. The summed E-state index contributed by atoms with van der Waals surface area (Å²) >= 11 is 0. The zero-order chi connectivity index (χ0) is 17.0. The molecule has 0 unspecified atom stereocenters. The van der Waals surface area contributed by atoms with Gasteiger partial charge in [0.15, 0.2) is 0 Å². The van der Waals surface area contributed by atoms with E-state index in [4.69, 9.17) is 0 Å². The molecule has 6 nitrogen and oxygen atoms in total. The number of rotatable bonds is 6. The van der Waals surface area contributed by atoms with Crippen LogP contribution in [0, 0.1) is 11.8 Å². The average Bonchev–Trinajstić information content (AvgIpc) is 3.24. The van der Waals surface area contributed by atoms with Gasteiger partial charge in [0.25, 0.3) is 5.91 Å². The molecule has 0 aliphatic heterocycles. The van der Waals surface area contributed by atoms with Crippen LogP contribution in [0.15, 0.2) is 24.3 Å². The van der Waals surface area contributed by atoms with Gasteiger partial charge >= 0.3 is 0 Å². The highest BCUT2D eigenvalue weighted by molar-refractivity contribution is 6.03. The maximum absolute atomic E-state index is 12.1. The molecule has 0 spiro atoms. The number of para-hydroxylation sites is 1. The number of nitrogens with zero attached hydrogens (tertiary/aromatic N) is 1. The maximum atomic E-state index is 12.1. The molecule has 23 heavy (non-hydrogen) atoms. The second-order valence-electron chi connectivity index (χ2n) is 6.15. The molecular weight excluding hydrogens is 294 g/mol. The van der Waals surface area contributed by atoms with Crippen molar-refractivity contribution in [3.63, 3.8) is 0 Å². The Bertz CT molecular complexity index is 613. The molecular formula is C17H23N3O3. The van der Waals surface area contributed by atoms with E-state index in [9.17, 15) is 14.4 Å². The Morgan fingerprint density at radius 3 is 2.48 bits per heavy atom. The van der Waals surface area contributed by atoms with Gasteiger partial charge in [-0.25, -0.2) is 0 Å². The molecule has 2 N–H and O–H groups in total. The highest BCUT2D eigenvalue weighted by Gasteiger charge is 2.38. The Morgan fingerprint density at radius 2 is 1.87 bits per heavy atom. The molecule has 124 valence electrons. The van der Waals surface area contributed by atoms with Crippen LogP contribution in [0.1, 0.15) is 30.1 Å². The van der Waals surface area contributed by atoms with Crippen LogP contribution in [0.5, 0.6) is 0 Å². The van der Waals surface area contributed by atoms with Crippen molar-refractivity contribution >= 4 is 23.4 Å². The first-order valence-electron chi connectivity index (χ1n) is 7.78. The third kappa shape index (κ3) is 4.55. The van der Waals surface area contributed by atoms with Crippen LogP contribution in [-0.2, 0) is 9.59 Å². The standard InChI is InChI=1S/C17H23N3O3/c1-11-10-13(11)16(22)18-9-8-15(21)19-14-7-5-4-6-12(14)17(23)20(2)3/h4-7,11,13H,8-10H2,1-3H3,(H,18,22)(H,19,21)/t11-,13-/m1/s1. The van der Waals surface area contributed by atoms with E-state index < -0.39 is 0 Å². The van der Waals surface area contributed by atoms with Crippen molar-refractivity contribution in [3.8, 4) is 0 Å². The minimum atomic E-state index is -0.229. The van der Waals surface area contributed by atoms with Crippen LogP contribution in [0.3, 0.4) is 0 Å². The van der Waals surface area contributed by atoms with Crippen molar-refractivity contribution < 1.29 is 14.4 Å². The lowest BCUT2D eigenvalue weighted by Gasteiger charge is -2.14. The molecule has 2 rings (SSSR count). The Labute approximate surface area is 136 Å². The quantitative estimate of drug-likeness (QED) is 0.834. The third-order valence-corrected chi connectivity index (χ3v) is 3.94. The smallest absolute Gasteiger partial charge is 0.255 e. The molecule has 0 bridgehead atoms. The minimum absolute atomic E-state index is 0.0217. The number of carbonyl (C=O) groups excluding carboxylic acids is 3. The summed E-state index contributed by atoms with van der Waals surface area (Å²) in [6.07, 6.45) is 1.11. The number of hydrogen-bond acceptors (Lipinski definition) is 3. The summed E-state index contributed by atoms with van der Waals surface area (Å²) in [6, 6.07) is 6.88. The van der Waals surface area contributed by atoms with E-state index in [1.165, 1.54) is 4.90 Å². The van der Waals surface area contributed by atoms with E-state index in [-0.39, 0.29) is 30.1 Å². The van der Waals surface area contributed by atoms with Crippen LogP contribution in [0.2, 0.25) is 0 Å². The highest BCUT2D eigenvalue weighted by Crippen LogP contribution is 2.37. The maximum Gasteiger partial charge on any atom is 0.255 e. The van der Waals surface area contributed by atoms with Crippen LogP contribution in [0.4, 0.5) is 5.69 Å². The Morgan fingerprint density at radius 1 is 1.22 bits per heavy atom. The lowest BCUT2D eigenvalue weighted by molar-refractivity contribution is -0.122. The normalized spacial score (nSPS) is 18.9. The molecule has 6 heteroatoms. The monoisotopic (exact) mass is 317 g/mol. The zero-order valence-electron chi connectivity index (χ0n) is 13.8. The Kier molecular flexibility index (Phi) is 5.36. The Balaban J connectivity index is 1.85. The van der Waals surface area contributed by atoms with Gasteiger partial charge in [0.05, 0.1) is 11.3 Å². The van der Waals surface area contributed by atoms with E-state index in [0.717, 1.165) is 6.42 Å². The fourth-order valence-electron chi connectivity index (χ4n) is 2.35. The highest BCUT2D eigenvalue weighted by atomic mass is 16.2. The van der Waals surface area contributed by atoms with Crippen LogP contribution < -0.4 is 10.6 Å². The van der Waals surface area contributed by atoms with Gasteiger partial charge in [-0.2, -0.15) is 0 Å². The van der Waals surface area contributed by atoms with Crippen molar-refractivity contribution in [1.82, 2.24) is 10.2 Å². The summed E-state index contributed by atoms with van der Waals surface area (Å²) in [6.45, 7) is 2.34. The van der Waals surface area contributed by atoms with Crippen molar-refractivity contribution in [2.45, 2.75) is 19.8 Å². The van der Waals surface area contributed by atoms with Crippen molar-refractivity contribution in [1.29, 1.82) is 0 Å². The molecule has 3 amide bonds. The van der Waals surface area contributed by atoms with Gasteiger partial charge in [-0.3, -0.25) is 14.4 Å². The SMILES string of the molecule is C[C@@H]1C[C@H]1C(=O)NCCC(=O)Nc1ccccc1C(=O)N(C)C. The van der Waals surface area contributed by atoms with E-state index in [1.54, 1.807) is 38.4 Å². The molecule has 1 fully saturated rings. The minimum Gasteiger partial charge on any atom is -0.355 e. The van der Waals surface area contributed by atoms with Crippen LogP contribution in [-0.4, -0.2) is 43.3 Å². The molecule has 0 saturated heterocycles. The van der Waals surface area contributed by atoms with Crippen LogP contribution in [0.25, 0.3) is 0 Å². The number of anilines is 1. The molecule has 0 aromatic heterocycles. The van der Waals surface area contributed by atoms with E-state index in [1.807, 2.05) is 6.92 Å². The van der Waals surface area contributed by atoms with E-state index in [2.05, 4.69) is 10.6 Å². The zero-order valence-corrected chi connectivity index (χ0v) is 13.8. The molecule has 1 saturated carbocycles. The third-order valence-electron chi connectivity index (χ3n) is 3.94. The molecule has 1 aliphatic carbocycles. The molecule has 1 aliphatic rings. The van der Waals surface area contributed by atoms with Crippen molar-refractivity contribution in [3.05, 3.63) is 29.8 Å². The first-order valence-corrected chi connectivity index (χ1v) is 7.78. The molecule has 1 aromatic rings. The first-order chi connectivity index (χ1) is 10.9. The van der Waals surface area contributed by atoms with Gasteiger partial charge in [-0.1, -0.05) is 19.1 Å². The summed E-state index contributed by atoms with van der Waals surface area (Å²) in [5, 5.41) is 5.51. The summed E-state index contributed by atoms with van der Waals surface area (Å²) in [7, 11) is 3.32. The molecule has 0 heterocycles. The largest absolute Gasteiger partial charge is 0.355 e. The fraction of sp³-hybridized carbons (Fsp3) is 0.471. The van der Waals surface area contributed by atoms with Crippen molar-refractivity contribution in [2.75, 3.05) is 26.0 Å². The number of carbonyl (C=O) groups is 3. The first kappa shape index (κ1) is 17.0. The van der Waals surface area contributed by atoms with E-state index >= 15 is 0 Å². The lowest BCUT2D eigenvalue weighted by atomic mass is 10.1. The number of nitrogens with one attached hydrogen (secondary N) is 2. The summed E-state index contributed by atoms with van der Waals surface area (Å²) in [5.41, 5.74) is 0.931. The number of benzene rings is 1. The second kappa shape index (κ2) is 7.26. The summed E-state index contributed by atoms with van der Waals surface area (Å²) < 4.78 is 0. The summed E-state index contributed by atoms with van der Waals surface area (Å²) in [4.78, 5) is 37.2. The molecule has 2 atom stereocenters. The number of hydrogen-bond donors (Lipinski definition) is 2. The van der Waals surface area contributed by atoms with E-state index in [0.29, 0.717) is 23.7 Å². The lowest BCUT2D eigenvalue weighted by Crippen LogP contribution is -2.29. The van der Waals surface area contributed by atoms with Gasteiger partial charge in [-0.05, 0) is 24.5 Å². The second-order valence-corrected chi connectivity index (χ2v) is 6.15. The van der Waals surface area contributed by atoms with Crippen LogP contribution >= 0.6 is 0 Å². The van der Waals surface area contributed by atoms with Gasteiger partial charge in [0.2, 0.25) is 11.8 Å². The van der Waals surface area contributed by atoms with Crippen molar-refractivity contribution in [2.24, 2.45) is 11.8 Å². The molecule has 1 aromatic carbocycles. The van der Waals surface area contributed by atoms with Gasteiger partial charge < -0.3 is 15.5 Å².